The minimum Gasteiger partial charge on any atom is -0.371 e. The Morgan fingerprint density at radius 3 is 2.53 bits per heavy atom. The summed E-state index contributed by atoms with van der Waals surface area (Å²) in [4.78, 5) is 2.51. The van der Waals surface area contributed by atoms with Gasteiger partial charge in [0.15, 0.2) is 0 Å². The number of hydrogen-bond donors (Lipinski definition) is 0. The first-order valence-electron chi connectivity index (χ1n) is 5.88. The fraction of sp³-hybridized carbons (Fsp3) is 0.429. The number of anilines is 1. The second-order valence-corrected chi connectivity index (χ2v) is 4.11. The van der Waals surface area contributed by atoms with E-state index in [1.54, 1.807) is 0 Å². The Labute approximate surface area is 92.4 Å². The van der Waals surface area contributed by atoms with Crippen molar-refractivity contribution in [2.75, 3.05) is 18.0 Å². The van der Waals surface area contributed by atoms with E-state index in [1.165, 1.54) is 43.6 Å². The van der Waals surface area contributed by atoms with E-state index in [2.05, 4.69) is 48.2 Å². The van der Waals surface area contributed by atoms with Crippen LogP contribution in [-0.2, 0) is 0 Å². The summed E-state index contributed by atoms with van der Waals surface area (Å²) in [5.41, 5.74) is 2.75. The van der Waals surface area contributed by atoms with Crippen molar-refractivity contribution in [3.63, 3.8) is 0 Å². The normalized spacial score (nSPS) is 17.3. The third kappa shape index (κ3) is 2.41. The maximum atomic E-state index is 2.51. The predicted octanol–water partition coefficient (Wildman–Crippen LogP) is 3.71. The summed E-state index contributed by atoms with van der Waals surface area (Å²) in [6.07, 6.45) is 8.38. The van der Waals surface area contributed by atoms with Gasteiger partial charge in [-0.25, -0.2) is 0 Å². The number of rotatable bonds is 2. The Bertz CT molecular complexity index is 335. The topological polar surface area (TPSA) is 3.24 Å². The van der Waals surface area contributed by atoms with Crippen LogP contribution < -0.4 is 4.90 Å². The molecule has 1 heterocycles. The maximum Gasteiger partial charge on any atom is 0.0439 e. The molecule has 0 N–H and O–H groups in total. The summed E-state index contributed by atoms with van der Waals surface area (Å²) in [5, 5.41) is 0. The van der Waals surface area contributed by atoms with Gasteiger partial charge in [0, 0.05) is 18.8 Å². The van der Waals surface area contributed by atoms with Gasteiger partial charge in [0.05, 0.1) is 0 Å². The second-order valence-electron chi connectivity index (χ2n) is 4.11. The molecule has 1 saturated heterocycles. The Morgan fingerprint density at radius 2 is 1.80 bits per heavy atom. The maximum absolute atomic E-state index is 2.51. The van der Waals surface area contributed by atoms with Gasteiger partial charge in [-0.05, 0) is 37.8 Å². The van der Waals surface area contributed by atoms with Crippen molar-refractivity contribution in [1.29, 1.82) is 0 Å². The lowest BCUT2D eigenvalue weighted by Crippen LogP contribution is -2.29. The fourth-order valence-corrected chi connectivity index (χ4v) is 2.23. The summed E-state index contributed by atoms with van der Waals surface area (Å²) in [6, 6.07) is 8.68. The zero-order valence-electron chi connectivity index (χ0n) is 9.45. The molecule has 0 bridgehead atoms. The Morgan fingerprint density at radius 1 is 1.07 bits per heavy atom. The minimum atomic E-state index is 1.22. The smallest absolute Gasteiger partial charge is 0.0439 e. The van der Waals surface area contributed by atoms with Gasteiger partial charge in [0.2, 0.25) is 0 Å². The Hall–Kier alpha value is -1.24. The third-order valence-corrected chi connectivity index (χ3v) is 2.98. The summed E-state index contributed by atoms with van der Waals surface area (Å²) in [5.74, 6) is 0. The van der Waals surface area contributed by atoms with E-state index in [0.29, 0.717) is 0 Å². The molecule has 1 aromatic carbocycles. The van der Waals surface area contributed by atoms with Crippen LogP contribution in [0.25, 0.3) is 6.08 Å². The average Bonchev–Trinajstić information content (AvgIpc) is 2.31. The van der Waals surface area contributed by atoms with Gasteiger partial charge in [-0.1, -0.05) is 30.4 Å². The van der Waals surface area contributed by atoms with Gasteiger partial charge in [-0.3, -0.25) is 0 Å². The Kier molecular flexibility index (Phi) is 3.44. The lowest BCUT2D eigenvalue weighted by molar-refractivity contribution is 0.577. The van der Waals surface area contributed by atoms with Gasteiger partial charge in [-0.15, -0.1) is 0 Å². The zero-order valence-corrected chi connectivity index (χ0v) is 9.45. The van der Waals surface area contributed by atoms with Crippen LogP contribution in [0.2, 0.25) is 0 Å². The van der Waals surface area contributed by atoms with E-state index < -0.39 is 0 Å². The largest absolute Gasteiger partial charge is 0.371 e. The van der Waals surface area contributed by atoms with Crippen LogP contribution >= 0.6 is 0 Å². The van der Waals surface area contributed by atoms with Crippen LogP contribution in [0.4, 0.5) is 5.69 Å². The summed E-state index contributed by atoms with van der Waals surface area (Å²) < 4.78 is 0. The predicted molar refractivity (Wildman–Crippen MR) is 67.2 cm³/mol. The van der Waals surface area contributed by atoms with E-state index in [4.69, 9.17) is 0 Å². The van der Waals surface area contributed by atoms with Crippen molar-refractivity contribution in [3.8, 4) is 0 Å². The number of para-hydroxylation sites is 1. The summed E-state index contributed by atoms with van der Waals surface area (Å²) in [7, 11) is 0. The van der Waals surface area contributed by atoms with Crippen molar-refractivity contribution in [3.05, 3.63) is 35.9 Å². The van der Waals surface area contributed by atoms with E-state index in [0.717, 1.165) is 0 Å². The van der Waals surface area contributed by atoms with Crippen molar-refractivity contribution in [2.45, 2.75) is 26.2 Å². The lowest BCUT2D eigenvalue weighted by atomic mass is 10.1. The lowest BCUT2D eigenvalue weighted by Gasteiger charge is -2.30. The number of benzene rings is 1. The number of nitrogens with zero attached hydrogens (tertiary/aromatic N) is 1. The standard InChI is InChI=1S/C14H19N/c1-2-8-13-9-4-5-10-14(13)15-11-6-3-7-12-15/h2,4-5,8-10H,3,6-7,11-12H2,1H3/b8-2+. The molecule has 80 valence electrons. The zero-order chi connectivity index (χ0) is 10.5. The van der Waals surface area contributed by atoms with Crippen LogP contribution in [0, 0.1) is 0 Å². The molecule has 1 aliphatic rings. The van der Waals surface area contributed by atoms with E-state index in [9.17, 15) is 0 Å². The van der Waals surface area contributed by atoms with Crippen LogP contribution in [0.15, 0.2) is 30.3 Å². The molecular weight excluding hydrogens is 182 g/mol. The highest BCUT2D eigenvalue weighted by Crippen LogP contribution is 2.24. The molecule has 1 nitrogen and oxygen atoms in total. The first kappa shape index (κ1) is 10.3. The van der Waals surface area contributed by atoms with E-state index in [-0.39, 0.29) is 0 Å². The second kappa shape index (κ2) is 5.01. The number of piperidine rings is 1. The molecule has 0 spiro atoms. The molecule has 0 atom stereocenters. The van der Waals surface area contributed by atoms with Gasteiger partial charge in [-0.2, -0.15) is 0 Å². The quantitative estimate of drug-likeness (QED) is 0.705. The highest BCUT2D eigenvalue weighted by atomic mass is 15.1. The molecule has 0 radical (unpaired) electrons. The van der Waals surface area contributed by atoms with E-state index in [1.807, 2.05) is 0 Å². The van der Waals surface area contributed by atoms with Crippen molar-refractivity contribution in [1.82, 2.24) is 0 Å². The van der Waals surface area contributed by atoms with Gasteiger partial charge in [0.1, 0.15) is 0 Å². The van der Waals surface area contributed by atoms with Gasteiger partial charge >= 0.3 is 0 Å². The van der Waals surface area contributed by atoms with Crippen molar-refractivity contribution in [2.24, 2.45) is 0 Å². The molecule has 15 heavy (non-hydrogen) atoms. The summed E-state index contributed by atoms with van der Waals surface area (Å²) >= 11 is 0. The van der Waals surface area contributed by atoms with Crippen molar-refractivity contribution >= 4 is 11.8 Å². The average molecular weight is 201 g/mol. The highest BCUT2D eigenvalue weighted by molar-refractivity contribution is 5.67. The molecule has 1 fully saturated rings. The highest BCUT2D eigenvalue weighted by Gasteiger charge is 2.12. The van der Waals surface area contributed by atoms with Crippen LogP contribution in [-0.4, -0.2) is 13.1 Å². The molecule has 1 aromatic rings. The molecule has 0 saturated carbocycles. The monoisotopic (exact) mass is 201 g/mol. The van der Waals surface area contributed by atoms with E-state index >= 15 is 0 Å². The Balaban J connectivity index is 2.25. The molecule has 0 aromatic heterocycles. The first-order valence-corrected chi connectivity index (χ1v) is 5.88. The van der Waals surface area contributed by atoms with Crippen LogP contribution in [0.3, 0.4) is 0 Å². The SMILES string of the molecule is C/C=C/c1ccccc1N1CCCCC1. The molecule has 0 aliphatic carbocycles. The number of hydrogen-bond acceptors (Lipinski definition) is 1. The van der Waals surface area contributed by atoms with Gasteiger partial charge < -0.3 is 4.90 Å². The first-order chi connectivity index (χ1) is 7.42. The molecule has 1 heteroatoms. The van der Waals surface area contributed by atoms with Crippen molar-refractivity contribution < 1.29 is 0 Å². The fourth-order valence-electron chi connectivity index (χ4n) is 2.23. The third-order valence-electron chi connectivity index (χ3n) is 2.98. The van der Waals surface area contributed by atoms with Crippen LogP contribution in [0.5, 0.6) is 0 Å². The molecule has 0 amide bonds. The molecular formula is C14H19N. The molecule has 1 aliphatic heterocycles. The molecule has 0 unspecified atom stereocenters. The van der Waals surface area contributed by atoms with Crippen LogP contribution in [0.1, 0.15) is 31.7 Å². The molecule has 2 rings (SSSR count). The number of allylic oxidation sites excluding steroid dienone is 1. The summed E-state index contributed by atoms with van der Waals surface area (Å²) in [6.45, 7) is 4.51. The minimum absolute atomic E-state index is 1.22. The van der Waals surface area contributed by atoms with Gasteiger partial charge in [0.25, 0.3) is 0 Å².